The van der Waals surface area contributed by atoms with Gasteiger partial charge in [0.2, 0.25) is 0 Å². The van der Waals surface area contributed by atoms with E-state index in [0.29, 0.717) is 0 Å². The summed E-state index contributed by atoms with van der Waals surface area (Å²) in [7, 11) is -3.92. The molecule has 1 aliphatic carbocycles. The molecule has 4 nitrogen and oxygen atoms in total. The van der Waals surface area contributed by atoms with E-state index < -0.39 is 16.6 Å². The Morgan fingerprint density at radius 3 is 1.71 bits per heavy atom. The number of hydrogen-bond acceptors (Lipinski definition) is 4. The average Bonchev–Trinajstić information content (AvgIpc) is 2.84. The van der Waals surface area contributed by atoms with Gasteiger partial charge in [0.25, 0.3) is 0 Å². The molecule has 6 heteroatoms. The molecule has 0 amide bonds. The Morgan fingerprint density at radius 2 is 1.29 bits per heavy atom. The van der Waals surface area contributed by atoms with E-state index in [9.17, 15) is 4.79 Å². The maximum atomic E-state index is 12.2. The number of esters is 1. The van der Waals surface area contributed by atoms with E-state index in [1.54, 1.807) is 0 Å². The second-order valence-electron chi connectivity index (χ2n) is 10.5. The minimum atomic E-state index is -1.97. The van der Waals surface area contributed by atoms with E-state index in [2.05, 4.69) is 67.7 Å². The van der Waals surface area contributed by atoms with Crippen molar-refractivity contribution in [2.24, 2.45) is 5.92 Å². The maximum absolute atomic E-state index is 12.2. The molecule has 2 fully saturated rings. The van der Waals surface area contributed by atoms with Gasteiger partial charge in [-0.1, -0.05) is 41.5 Å². The zero-order chi connectivity index (χ0) is 18.7. The Morgan fingerprint density at radius 1 is 0.875 bits per heavy atom. The first kappa shape index (κ1) is 20.1. The van der Waals surface area contributed by atoms with E-state index in [1.165, 1.54) is 0 Å². The van der Waals surface area contributed by atoms with Crippen molar-refractivity contribution in [1.29, 1.82) is 0 Å². The highest BCUT2D eigenvalue weighted by Crippen LogP contribution is 2.48. The highest BCUT2D eigenvalue weighted by molar-refractivity contribution is 6.74. The second-order valence-corrected chi connectivity index (χ2v) is 20.0. The van der Waals surface area contributed by atoms with Gasteiger partial charge in [0.05, 0.1) is 12.0 Å². The molecule has 1 saturated heterocycles. The first-order valence-electron chi connectivity index (χ1n) is 9.13. The smallest absolute Gasteiger partial charge is 0.312 e. The lowest BCUT2D eigenvalue weighted by Gasteiger charge is -2.45. The van der Waals surface area contributed by atoms with Gasteiger partial charge in [0, 0.05) is 6.42 Å². The number of rotatable bonds is 4. The summed E-state index contributed by atoms with van der Waals surface area (Å²) >= 11 is 0. The van der Waals surface area contributed by atoms with Crippen LogP contribution in [-0.2, 0) is 18.4 Å². The fraction of sp³-hybridized carbons (Fsp3) is 0.944. The molecule has 0 unspecified atom stereocenters. The molecular formula is C18H36O4Si2. The van der Waals surface area contributed by atoms with Crippen molar-refractivity contribution in [1.82, 2.24) is 0 Å². The molecule has 0 aromatic heterocycles. The lowest BCUT2D eigenvalue weighted by atomic mass is 10.1. The predicted octanol–water partition coefficient (Wildman–Crippen LogP) is 4.71. The third kappa shape index (κ3) is 3.52. The van der Waals surface area contributed by atoms with Crippen molar-refractivity contribution in [2.45, 2.75) is 103 Å². The van der Waals surface area contributed by atoms with E-state index in [4.69, 9.17) is 13.6 Å². The quantitative estimate of drug-likeness (QED) is 0.529. The lowest BCUT2D eigenvalue weighted by molar-refractivity contribution is -0.162. The van der Waals surface area contributed by atoms with E-state index in [-0.39, 0.29) is 40.3 Å². The van der Waals surface area contributed by atoms with Crippen LogP contribution in [-0.4, -0.2) is 40.9 Å². The van der Waals surface area contributed by atoms with Crippen LogP contribution >= 0.6 is 0 Å². The van der Waals surface area contributed by atoms with Crippen molar-refractivity contribution in [3.05, 3.63) is 0 Å². The van der Waals surface area contributed by atoms with Crippen LogP contribution in [0.5, 0.6) is 0 Å². The van der Waals surface area contributed by atoms with Gasteiger partial charge in [-0.2, -0.15) is 0 Å². The van der Waals surface area contributed by atoms with Crippen LogP contribution in [0.15, 0.2) is 0 Å². The summed E-state index contributed by atoms with van der Waals surface area (Å²) < 4.78 is 18.9. The van der Waals surface area contributed by atoms with Crippen LogP contribution in [0.1, 0.15) is 48.0 Å². The van der Waals surface area contributed by atoms with Crippen molar-refractivity contribution < 1.29 is 18.4 Å². The Balaban J connectivity index is 2.25. The second kappa shape index (κ2) is 5.93. The molecular weight excluding hydrogens is 336 g/mol. The fourth-order valence-corrected chi connectivity index (χ4v) is 5.52. The highest BCUT2D eigenvalue weighted by Gasteiger charge is 2.60. The van der Waals surface area contributed by atoms with Crippen molar-refractivity contribution in [3.8, 4) is 0 Å². The number of hydrogen-bond donors (Lipinski definition) is 0. The normalized spacial score (nSPS) is 31.5. The summed E-state index contributed by atoms with van der Waals surface area (Å²) in [6.45, 7) is 22.4. The maximum Gasteiger partial charge on any atom is 0.312 e. The zero-order valence-corrected chi connectivity index (χ0v) is 19.1. The van der Waals surface area contributed by atoms with Gasteiger partial charge in [-0.05, 0) is 36.3 Å². The Bertz CT molecular complexity index is 502. The molecule has 0 radical (unpaired) electrons. The van der Waals surface area contributed by atoms with Crippen LogP contribution in [0.3, 0.4) is 0 Å². The molecule has 0 spiro atoms. The Kier molecular flexibility index (Phi) is 4.97. The zero-order valence-electron chi connectivity index (χ0n) is 17.1. The Labute approximate surface area is 149 Å². The molecule has 2 bridgehead atoms. The molecule has 0 N–H and O–H groups in total. The minimum Gasteiger partial charge on any atom is -0.459 e. The van der Waals surface area contributed by atoms with Gasteiger partial charge in [-0.25, -0.2) is 0 Å². The SMILES string of the molecule is CC(C)(C)[Si](C)(C)O[C@@H]1[C@H](O[Si](C)(C)C(C)(C)C)[C@@H]2C[C@H]1OC2=O. The summed E-state index contributed by atoms with van der Waals surface area (Å²) in [5, 5.41) is 0.237. The average molecular weight is 373 g/mol. The van der Waals surface area contributed by atoms with Gasteiger partial charge < -0.3 is 13.6 Å². The van der Waals surface area contributed by atoms with Crippen LogP contribution in [0.25, 0.3) is 0 Å². The molecule has 0 aromatic rings. The summed E-state index contributed by atoms with van der Waals surface area (Å²) in [6, 6.07) is 0. The summed E-state index contributed by atoms with van der Waals surface area (Å²) in [5.74, 6) is -0.252. The Hall–Kier alpha value is -0.176. The van der Waals surface area contributed by atoms with Gasteiger partial charge >= 0.3 is 5.97 Å². The molecule has 140 valence electrons. The minimum absolute atomic E-state index is 0.0983. The first-order chi connectivity index (χ1) is 10.6. The van der Waals surface area contributed by atoms with Crippen LogP contribution in [0, 0.1) is 5.92 Å². The molecule has 1 heterocycles. The highest BCUT2D eigenvalue weighted by atomic mass is 28.4. The topological polar surface area (TPSA) is 44.8 Å². The van der Waals surface area contributed by atoms with Crippen molar-refractivity contribution in [2.75, 3.05) is 0 Å². The number of ether oxygens (including phenoxy) is 1. The van der Waals surface area contributed by atoms with Crippen molar-refractivity contribution in [3.63, 3.8) is 0 Å². The summed E-state index contributed by atoms with van der Waals surface area (Å²) in [4.78, 5) is 12.2. The van der Waals surface area contributed by atoms with Crippen LogP contribution in [0.4, 0.5) is 0 Å². The molecule has 2 aliphatic rings. The van der Waals surface area contributed by atoms with Gasteiger partial charge in [-0.15, -0.1) is 0 Å². The third-order valence-electron chi connectivity index (χ3n) is 6.62. The lowest BCUT2D eigenvalue weighted by Crippen LogP contribution is -2.56. The molecule has 1 aliphatic heterocycles. The van der Waals surface area contributed by atoms with Gasteiger partial charge in [-0.3, -0.25) is 4.79 Å². The molecule has 4 atom stereocenters. The predicted molar refractivity (Wildman–Crippen MR) is 102 cm³/mol. The number of carbonyl (C=O) groups excluding carboxylic acids is 1. The van der Waals surface area contributed by atoms with Gasteiger partial charge in [0.15, 0.2) is 16.6 Å². The van der Waals surface area contributed by atoms with Crippen LogP contribution in [0.2, 0.25) is 36.3 Å². The van der Waals surface area contributed by atoms with E-state index in [1.807, 2.05) is 0 Å². The van der Waals surface area contributed by atoms with E-state index >= 15 is 0 Å². The van der Waals surface area contributed by atoms with Gasteiger partial charge in [0.1, 0.15) is 12.2 Å². The fourth-order valence-electron chi connectivity index (χ4n) is 2.87. The molecule has 2 rings (SSSR count). The molecule has 0 aromatic carbocycles. The first-order valence-corrected chi connectivity index (χ1v) is 14.9. The molecule has 1 saturated carbocycles. The van der Waals surface area contributed by atoms with Crippen molar-refractivity contribution >= 4 is 22.6 Å². The number of fused-ring (bicyclic) bond motifs is 2. The largest absolute Gasteiger partial charge is 0.459 e. The monoisotopic (exact) mass is 372 g/mol. The third-order valence-corrected chi connectivity index (χ3v) is 15.6. The van der Waals surface area contributed by atoms with Crippen LogP contribution < -0.4 is 0 Å². The molecule has 24 heavy (non-hydrogen) atoms. The summed E-state index contributed by atoms with van der Waals surface area (Å²) in [5.41, 5.74) is 0. The number of carbonyl (C=O) groups is 1. The van der Waals surface area contributed by atoms with E-state index in [0.717, 1.165) is 6.42 Å². The summed E-state index contributed by atoms with van der Waals surface area (Å²) in [6.07, 6.45) is 0.359. The standard InChI is InChI=1S/C18H36O4Si2/c1-17(2,3)23(7,8)21-14-12-11-13(20-16(12)19)15(14)22-24(9,10)18(4,5)6/h12-15H,11H2,1-10H3/t12-,13+,14+,15-/m0/s1.